The second-order valence-electron chi connectivity index (χ2n) is 5.10. The number of nitrogens with zero attached hydrogens (tertiary/aromatic N) is 4. The first-order valence-corrected chi connectivity index (χ1v) is 8.18. The maximum absolute atomic E-state index is 6.37. The van der Waals surface area contributed by atoms with Crippen molar-refractivity contribution >= 4 is 39.5 Å². The Morgan fingerprint density at radius 1 is 1.14 bits per heavy atom. The van der Waals surface area contributed by atoms with Gasteiger partial charge in [-0.25, -0.2) is 9.97 Å². The molecule has 4 nitrogen and oxygen atoms in total. The van der Waals surface area contributed by atoms with E-state index >= 15 is 0 Å². The van der Waals surface area contributed by atoms with E-state index in [1.165, 1.54) is 29.9 Å². The molecule has 6 heteroatoms. The van der Waals surface area contributed by atoms with Crippen molar-refractivity contribution in [3.8, 4) is 10.7 Å². The molecular weight excluding hydrogens is 304 g/mol. The summed E-state index contributed by atoms with van der Waals surface area (Å²) in [6.07, 6.45) is 4.28. The lowest BCUT2D eigenvalue weighted by Gasteiger charge is -2.18. The molecule has 0 radical (unpaired) electrons. The van der Waals surface area contributed by atoms with E-state index in [1.807, 2.05) is 6.07 Å². The first-order valence-electron chi connectivity index (χ1n) is 6.92. The molecule has 1 fully saturated rings. The summed E-state index contributed by atoms with van der Waals surface area (Å²) in [5.74, 6) is 0.643. The number of thiazole rings is 1. The summed E-state index contributed by atoms with van der Waals surface area (Å²) >= 11 is 7.89. The maximum atomic E-state index is 6.37. The Hall–Kier alpha value is -1.72. The molecule has 0 aliphatic carbocycles. The van der Waals surface area contributed by atoms with Crippen LogP contribution in [0.1, 0.15) is 12.8 Å². The van der Waals surface area contributed by atoms with Crippen LogP contribution in [0, 0.1) is 0 Å². The van der Waals surface area contributed by atoms with Crippen molar-refractivity contribution in [2.24, 2.45) is 0 Å². The van der Waals surface area contributed by atoms with Gasteiger partial charge in [-0.3, -0.25) is 4.98 Å². The molecule has 1 saturated heterocycles. The number of fused-ring (bicyclic) bond motifs is 1. The minimum absolute atomic E-state index is 0.504. The number of aromatic nitrogens is 3. The molecule has 1 aromatic carbocycles. The normalized spacial score (nSPS) is 15.0. The highest BCUT2D eigenvalue weighted by atomic mass is 35.5. The Kier molecular flexibility index (Phi) is 3.24. The van der Waals surface area contributed by atoms with Crippen LogP contribution in [0.3, 0.4) is 0 Å². The number of benzene rings is 1. The van der Waals surface area contributed by atoms with Crippen molar-refractivity contribution in [2.45, 2.75) is 12.8 Å². The molecule has 1 aliphatic rings. The zero-order valence-corrected chi connectivity index (χ0v) is 12.9. The van der Waals surface area contributed by atoms with Crippen molar-refractivity contribution in [2.75, 3.05) is 18.0 Å². The summed E-state index contributed by atoms with van der Waals surface area (Å²) in [5.41, 5.74) is 3.85. The Morgan fingerprint density at radius 2 is 2.00 bits per heavy atom. The van der Waals surface area contributed by atoms with Gasteiger partial charge in [-0.1, -0.05) is 11.6 Å². The third-order valence-electron chi connectivity index (χ3n) is 3.76. The van der Waals surface area contributed by atoms with Gasteiger partial charge >= 0.3 is 0 Å². The van der Waals surface area contributed by atoms with Crippen LogP contribution in [0.2, 0.25) is 5.15 Å². The number of anilines is 1. The smallest absolute Gasteiger partial charge is 0.173 e. The van der Waals surface area contributed by atoms with Crippen LogP contribution >= 0.6 is 22.9 Å². The van der Waals surface area contributed by atoms with Crippen LogP contribution in [-0.4, -0.2) is 28.0 Å². The average Bonchev–Trinajstić information content (AvgIpc) is 3.20. The molecule has 1 aliphatic heterocycles. The summed E-state index contributed by atoms with van der Waals surface area (Å²) in [5, 5.41) is 1.42. The highest BCUT2D eigenvalue weighted by Crippen LogP contribution is 2.30. The van der Waals surface area contributed by atoms with E-state index in [4.69, 9.17) is 11.6 Å². The van der Waals surface area contributed by atoms with Gasteiger partial charge in [-0.05, 0) is 31.0 Å². The molecule has 21 heavy (non-hydrogen) atoms. The fraction of sp³-hybridized carbons (Fsp3) is 0.267. The fourth-order valence-electron chi connectivity index (χ4n) is 2.69. The largest absolute Gasteiger partial charge is 0.372 e. The van der Waals surface area contributed by atoms with E-state index < -0.39 is 0 Å². The molecule has 3 aromatic rings. The predicted molar refractivity (Wildman–Crippen MR) is 87.1 cm³/mol. The van der Waals surface area contributed by atoms with E-state index in [0.29, 0.717) is 11.0 Å². The lowest BCUT2D eigenvalue weighted by atomic mass is 10.2. The molecule has 3 heterocycles. The minimum Gasteiger partial charge on any atom is -0.372 e. The molecule has 0 unspecified atom stereocenters. The molecular formula is C15H13ClN4S. The number of halogens is 1. The van der Waals surface area contributed by atoms with Gasteiger partial charge in [0, 0.05) is 30.4 Å². The zero-order chi connectivity index (χ0) is 14.2. The summed E-state index contributed by atoms with van der Waals surface area (Å²) in [6, 6.07) is 6.24. The van der Waals surface area contributed by atoms with Crippen LogP contribution in [0.4, 0.5) is 5.69 Å². The Labute approximate surface area is 131 Å². The maximum Gasteiger partial charge on any atom is 0.173 e. The van der Waals surface area contributed by atoms with Crippen LogP contribution < -0.4 is 4.90 Å². The highest BCUT2D eigenvalue weighted by Gasteiger charge is 2.15. The van der Waals surface area contributed by atoms with Gasteiger partial charge < -0.3 is 4.90 Å². The first kappa shape index (κ1) is 13.0. The SMILES string of the molecule is Clc1nc(-c2cncs2)nc2ccc(N3CCCC3)cc12. The van der Waals surface area contributed by atoms with Crippen molar-refractivity contribution in [3.05, 3.63) is 35.1 Å². The Morgan fingerprint density at radius 3 is 2.76 bits per heavy atom. The van der Waals surface area contributed by atoms with E-state index in [-0.39, 0.29) is 0 Å². The van der Waals surface area contributed by atoms with Crippen LogP contribution in [0.15, 0.2) is 29.9 Å². The molecule has 4 rings (SSSR count). The second kappa shape index (κ2) is 5.24. The van der Waals surface area contributed by atoms with Gasteiger partial charge in [0.1, 0.15) is 5.15 Å². The topological polar surface area (TPSA) is 41.9 Å². The Bertz CT molecular complexity index is 782. The summed E-state index contributed by atoms with van der Waals surface area (Å²) in [4.78, 5) is 16.4. The molecule has 106 valence electrons. The highest BCUT2D eigenvalue weighted by molar-refractivity contribution is 7.13. The molecule has 0 saturated carbocycles. The van der Waals surface area contributed by atoms with Gasteiger partial charge in [-0.15, -0.1) is 11.3 Å². The summed E-state index contributed by atoms with van der Waals surface area (Å²) in [6.45, 7) is 2.23. The summed E-state index contributed by atoms with van der Waals surface area (Å²) < 4.78 is 0. The molecule has 0 bridgehead atoms. The van der Waals surface area contributed by atoms with Gasteiger partial charge in [0.05, 0.1) is 15.9 Å². The number of hydrogen-bond acceptors (Lipinski definition) is 5. The van der Waals surface area contributed by atoms with Crippen molar-refractivity contribution in [1.82, 2.24) is 15.0 Å². The average molecular weight is 317 g/mol. The lowest BCUT2D eigenvalue weighted by molar-refractivity contribution is 0.949. The third-order valence-corrected chi connectivity index (χ3v) is 4.81. The second-order valence-corrected chi connectivity index (χ2v) is 6.34. The third kappa shape index (κ3) is 2.36. The van der Waals surface area contributed by atoms with Gasteiger partial charge in [0.25, 0.3) is 0 Å². The number of rotatable bonds is 2. The van der Waals surface area contributed by atoms with Crippen molar-refractivity contribution in [3.63, 3.8) is 0 Å². The predicted octanol–water partition coefficient (Wildman–Crippen LogP) is 4.01. The minimum atomic E-state index is 0.504. The number of hydrogen-bond donors (Lipinski definition) is 0. The van der Waals surface area contributed by atoms with Crippen LogP contribution in [0.5, 0.6) is 0 Å². The van der Waals surface area contributed by atoms with E-state index in [0.717, 1.165) is 28.9 Å². The van der Waals surface area contributed by atoms with Crippen LogP contribution in [-0.2, 0) is 0 Å². The monoisotopic (exact) mass is 316 g/mol. The van der Waals surface area contributed by atoms with Crippen LogP contribution in [0.25, 0.3) is 21.6 Å². The van der Waals surface area contributed by atoms with E-state index in [9.17, 15) is 0 Å². The standard InChI is InChI=1S/C15H13ClN4S/c16-14-11-7-10(20-5-1-2-6-20)3-4-12(11)18-15(19-14)13-8-17-9-21-13/h3-4,7-9H,1-2,5-6H2. The quantitative estimate of drug-likeness (QED) is 0.670. The van der Waals surface area contributed by atoms with E-state index in [1.54, 1.807) is 11.7 Å². The molecule has 2 aromatic heterocycles. The van der Waals surface area contributed by atoms with E-state index in [2.05, 4.69) is 32.0 Å². The molecule has 0 amide bonds. The first-order chi connectivity index (χ1) is 10.3. The molecule has 0 atom stereocenters. The van der Waals surface area contributed by atoms with Crippen molar-refractivity contribution in [1.29, 1.82) is 0 Å². The van der Waals surface area contributed by atoms with Crippen molar-refractivity contribution < 1.29 is 0 Å². The Balaban J connectivity index is 1.82. The lowest BCUT2D eigenvalue weighted by Crippen LogP contribution is -2.17. The van der Waals surface area contributed by atoms with Gasteiger partial charge in [0.2, 0.25) is 0 Å². The fourth-order valence-corrected chi connectivity index (χ4v) is 3.47. The summed E-state index contributed by atoms with van der Waals surface area (Å²) in [7, 11) is 0. The zero-order valence-electron chi connectivity index (χ0n) is 11.3. The molecule has 0 spiro atoms. The van der Waals surface area contributed by atoms with Gasteiger partial charge in [0.15, 0.2) is 5.82 Å². The van der Waals surface area contributed by atoms with Gasteiger partial charge in [-0.2, -0.15) is 0 Å². The molecule has 0 N–H and O–H groups in total.